The number of nitrogens with two attached hydrogens (primary N) is 1. The molecule has 0 radical (unpaired) electrons. The second-order valence-electron chi connectivity index (χ2n) is 3.14. The second kappa shape index (κ2) is 5.42. The number of anilines is 1. The summed E-state index contributed by atoms with van der Waals surface area (Å²) in [4.78, 5) is 0. The minimum Gasteiger partial charge on any atom is -0.493 e. The van der Waals surface area contributed by atoms with Crippen LogP contribution in [0.3, 0.4) is 0 Å². The number of nitrogens with zero attached hydrogens (tertiary/aromatic N) is 1. The van der Waals surface area contributed by atoms with Crippen molar-refractivity contribution < 1.29 is 4.74 Å². The number of ether oxygens (including phenoxy) is 1. The van der Waals surface area contributed by atoms with E-state index in [1.807, 2.05) is 31.2 Å². The molecule has 0 fully saturated rings. The van der Waals surface area contributed by atoms with Crippen LogP contribution in [0.1, 0.15) is 6.92 Å². The highest BCUT2D eigenvalue weighted by Gasteiger charge is 2.07. The lowest BCUT2D eigenvalue weighted by Gasteiger charge is -2.07. The summed E-state index contributed by atoms with van der Waals surface area (Å²) in [6.07, 6.45) is 0. The van der Waals surface area contributed by atoms with Crippen LogP contribution in [0.15, 0.2) is 30.3 Å². The molecule has 0 saturated heterocycles. The van der Waals surface area contributed by atoms with Gasteiger partial charge in [0.1, 0.15) is 11.6 Å². The normalized spacial score (nSPS) is 9.56. The van der Waals surface area contributed by atoms with E-state index >= 15 is 0 Å². The van der Waals surface area contributed by atoms with Gasteiger partial charge < -0.3 is 10.5 Å². The number of nitrogen functional groups attached to an aromatic ring is 1. The van der Waals surface area contributed by atoms with Crippen molar-refractivity contribution in [2.45, 2.75) is 6.92 Å². The molecule has 0 saturated carbocycles. The highest BCUT2D eigenvalue weighted by atomic mass is 35.5. The number of H-pyrrole nitrogens is 1. The molecule has 2 aromatic rings. The number of hydrogen-bond acceptors (Lipinski definition) is 3. The minimum atomic E-state index is 0. The van der Waals surface area contributed by atoms with Gasteiger partial charge in [0.05, 0.1) is 12.3 Å². The van der Waals surface area contributed by atoms with Gasteiger partial charge in [-0.2, -0.15) is 5.10 Å². The van der Waals surface area contributed by atoms with Crippen LogP contribution in [0.4, 0.5) is 5.82 Å². The van der Waals surface area contributed by atoms with E-state index in [1.165, 1.54) is 0 Å². The van der Waals surface area contributed by atoms with E-state index < -0.39 is 0 Å². The molecule has 5 heteroatoms. The van der Waals surface area contributed by atoms with Gasteiger partial charge in [-0.15, -0.1) is 12.4 Å². The minimum absolute atomic E-state index is 0. The summed E-state index contributed by atoms with van der Waals surface area (Å²) in [7, 11) is 0. The van der Waals surface area contributed by atoms with E-state index in [1.54, 1.807) is 6.07 Å². The van der Waals surface area contributed by atoms with Gasteiger partial charge in [0.2, 0.25) is 0 Å². The Morgan fingerprint density at radius 3 is 2.75 bits per heavy atom. The molecule has 16 heavy (non-hydrogen) atoms. The zero-order valence-electron chi connectivity index (χ0n) is 8.93. The number of aromatic amines is 1. The molecule has 1 aromatic carbocycles. The molecular formula is C11H14ClN3O. The molecule has 0 atom stereocenters. The van der Waals surface area contributed by atoms with Gasteiger partial charge in [0, 0.05) is 11.6 Å². The number of nitrogens with one attached hydrogen (secondary N) is 1. The summed E-state index contributed by atoms with van der Waals surface area (Å²) in [6.45, 7) is 2.60. The molecule has 86 valence electrons. The van der Waals surface area contributed by atoms with Gasteiger partial charge in [-0.05, 0) is 19.1 Å². The van der Waals surface area contributed by atoms with Crippen LogP contribution < -0.4 is 10.5 Å². The fourth-order valence-electron chi connectivity index (χ4n) is 1.45. The van der Waals surface area contributed by atoms with Crippen molar-refractivity contribution in [3.8, 4) is 17.0 Å². The smallest absolute Gasteiger partial charge is 0.145 e. The number of rotatable bonds is 3. The van der Waals surface area contributed by atoms with Crippen LogP contribution in [0.25, 0.3) is 11.3 Å². The van der Waals surface area contributed by atoms with Crippen LogP contribution >= 0.6 is 12.4 Å². The highest BCUT2D eigenvalue weighted by Crippen LogP contribution is 2.28. The Kier molecular flexibility index (Phi) is 4.19. The number of halogens is 1. The Hall–Kier alpha value is -1.68. The maximum absolute atomic E-state index is 5.56. The van der Waals surface area contributed by atoms with Crippen molar-refractivity contribution in [1.29, 1.82) is 0 Å². The molecule has 3 N–H and O–H groups in total. The topological polar surface area (TPSA) is 63.9 Å². The highest BCUT2D eigenvalue weighted by molar-refractivity contribution is 5.85. The van der Waals surface area contributed by atoms with Crippen LogP contribution in [0.5, 0.6) is 5.75 Å². The summed E-state index contributed by atoms with van der Waals surface area (Å²) in [5.74, 6) is 1.32. The van der Waals surface area contributed by atoms with Crippen LogP contribution in [0, 0.1) is 0 Å². The van der Waals surface area contributed by atoms with E-state index in [2.05, 4.69) is 10.2 Å². The first-order valence-electron chi connectivity index (χ1n) is 4.84. The predicted octanol–water partition coefficient (Wildman–Crippen LogP) is 2.48. The molecular weight excluding hydrogens is 226 g/mol. The first-order chi connectivity index (χ1) is 7.31. The third-order valence-corrected chi connectivity index (χ3v) is 2.07. The monoisotopic (exact) mass is 239 g/mol. The van der Waals surface area contributed by atoms with Crippen LogP contribution in [-0.4, -0.2) is 16.8 Å². The Bertz CT molecular complexity index is 456. The molecule has 0 spiro atoms. The Balaban J connectivity index is 0.00000128. The van der Waals surface area contributed by atoms with Gasteiger partial charge in [-0.1, -0.05) is 12.1 Å². The maximum Gasteiger partial charge on any atom is 0.145 e. The van der Waals surface area contributed by atoms with Gasteiger partial charge in [0.25, 0.3) is 0 Å². The van der Waals surface area contributed by atoms with Crippen molar-refractivity contribution in [2.75, 3.05) is 12.3 Å². The lowest BCUT2D eigenvalue weighted by Crippen LogP contribution is -1.93. The summed E-state index contributed by atoms with van der Waals surface area (Å²) >= 11 is 0. The van der Waals surface area contributed by atoms with E-state index in [0.717, 1.165) is 17.0 Å². The maximum atomic E-state index is 5.56. The Labute approximate surface area is 100 Å². The number of hydrogen-bond donors (Lipinski definition) is 2. The first kappa shape index (κ1) is 12.4. The van der Waals surface area contributed by atoms with E-state index in [0.29, 0.717) is 12.4 Å². The Morgan fingerprint density at radius 1 is 1.38 bits per heavy atom. The number of benzene rings is 1. The summed E-state index contributed by atoms with van der Waals surface area (Å²) in [5, 5.41) is 6.76. The zero-order valence-corrected chi connectivity index (χ0v) is 9.75. The quantitative estimate of drug-likeness (QED) is 0.865. The molecule has 0 aliphatic heterocycles. The van der Waals surface area contributed by atoms with E-state index in [9.17, 15) is 0 Å². The summed E-state index contributed by atoms with van der Waals surface area (Å²) in [6, 6.07) is 9.58. The molecule has 0 aliphatic carbocycles. The van der Waals surface area contributed by atoms with Crippen molar-refractivity contribution in [3.05, 3.63) is 30.3 Å². The molecule has 1 heterocycles. The van der Waals surface area contributed by atoms with Crippen LogP contribution in [-0.2, 0) is 0 Å². The lowest BCUT2D eigenvalue weighted by atomic mass is 10.1. The molecule has 0 unspecified atom stereocenters. The Morgan fingerprint density at radius 2 is 2.12 bits per heavy atom. The third-order valence-electron chi connectivity index (χ3n) is 2.07. The van der Waals surface area contributed by atoms with Crippen molar-refractivity contribution in [2.24, 2.45) is 0 Å². The lowest BCUT2D eigenvalue weighted by molar-refractivity contribution is 0.341. The fraction of sp³-hybridized carbons (Fsp3) is 0.182. The average Bonchev–Trinajstić information content (AvgIpc) is 2.66. The largest absolute Gasteiger partial charge is 0.493 e. The molecule has 0 bridgehead atoms. The van der Waals surface area contributed by atoms with Crippen LogP contribution in [0.2, 0.25) is 0 Å². The zero-order chi connectivity index (χ0) is 10.7. The number of aromatic nitrogens is 2. The van der Waals surface area contributed by atoms with Crippen molar-refractivity contribution in [1.82, 2.24) is 10.2 Å². The number of para-hydroxylation sites is 1. The van der Waals surface area contributed by atoms with Crippen molar-refractivity contribution in [3.63, 3.8) is 0 Å². The summed E-state index contributed by atoms with van der Waals surface area (Å²) < 4.78 is 5.51. The molecule has 4 nitrogen and oxygen atoms in total. The van der Waals surface area contributed by atoms with Crippen molar-refractivity contribution >= 4 is 18.2 Å². The first-order valence-corrected chi connectivity index (χ1v) is 4.84. The van der Waals surface area contributed by atoms with Gasteiger partial charge >= 0.3 is 0 Å². The fourth-order valence-corrected chi connectivity index (χ4v) is 1.45. The molecule has 0 amide bonds. The van der Waals surface area contributed by atoms with Gasteiger partial charge in [-0.25, -0.2) is 0 Å². The van der Waals surface area contributed by atoms with E-state index in [-0.39, 0.29) is 12.4 Å². The third kappa shape index (κ3) is 2.46. The van der Waals surface area contributed by atoms with Gasteiger partial charge in [-0.3, -0.25) is 5.10 Å². The molecule has 0 aliphatic rings. The second-order valence-corrected chi connectivity index (χ2v) is 3.14. The van der Waals surface area contributed by atoms with E-state index in [4.69, 9.17) is 10.5 Å². The summed E-state index contributed by atoms with van der Waals surface area (Å²) in [5.41, 5.74) is 7.40. The average molecular weight is 240 g/mol. The molecule has 1 aromatic heterocycles. The SMILES string of the molecule is CCOc1ccccc1-c1cc(N)n[nH]1.Cl. The molecule has 2 rings (SSSR count). The van der Waals surface area contributed by atoms with Gasteiger partial charge in [0.15, 0.2) is 0 Å². The predicted molar refractivity (Wildman–Crippen MR) is 66.9 cm³/mol. The standard InChI is InChI=1S/C11H13N3O.ClH/c1-2-15-10-6-4-3-5-8(10)9-7-11(12)14-13-9;/h3-7H,2H2,1H3,(H3,12,13,14);1H.